The van der Waals surface area contributed by atoms with Gasteiger partial charge in [0.1, 0.15) is 18.5 Å². The number of ether oxygens (including phenoxy) is 3. The van der Waals surface area contributed by atoms with E-state index in [1.165, 1.54) is 6.07 Å². The Bertz CT molecular complexity index is 1140. The normalized spacial score (nSPS) is 22.4. The molecule has 2 aromatic rings. The molecule has 1 aromatic carbocycles. The van der Waals surface area contributed by atoms with Gasteiger partial charge in [0.2, 0.25) is 5.88 Å². The number of nitrogens with one attached hydrogen (secondary N) is 1. The minimum Gasteiger partial charge on any atom is -0.491 e. The Labute approximate surface area is 193 Å². The Kier molecular flexibility index (Phi) is 5.64. The number of hydrogen-bond acceptors (Lipinski definition) is 6. The Balaban J connectivity index is 1.17. The number of nitriles is 1. The highest BCUT2D eigenvalue weighted by molar-refractivity contribution is 5.92. The molecule has 1 amide bonds. The average molecular weight is 476 g/mol. The number of amides is 1. The van der Waals surface area contributed by atoms with Gasteiger partial charge in [-0.1, -0.05) is 0 Å². The van der Waals surface area contributed by atoms with E-state index in [0.29, 0.717) is 43.4 Å². The molecule has 1 unspecified atom stereocenters. The summed E-state index contributed by atoms with van der Waals surface area (Å²) in [5, 5.41) is 16.2. The van der Waals surface area contributed by atoms with Crippen molar-refractivity contribution in [3.8, 4) is 17.7 Å². The summed E-state index contributed by atoms with van der Waals surface area (Å²) < 4.78 is 57.8. The summed E-state index contributed by atoms with van der Waals surface area (Å²) in [6, 6.07) is 6.69. The molecule has 0 radical (unpaired) electrons. The molecule has 11 heteroatoms. The van der Waals surface area contributed by atoms with Crippen LogP contribution in [0.15, 0.2) is 24.3 Å². The molecule has 3 heterocycles. The van der Waals surface area contributed by atoms with Crippen molar-refractivity contribution in [1.82, 2.24) is 15.1 Å². The number of carbonyl (C=O) groups is 1. The summed E-state index contributed by atoms with van der Waals surface area (Å²) >= 11 is 0. The predicted molar refractivity (Wildman–Crippen MR) is 111 cm³/mol. The van der Waals surface area contributed by atoms with Crippen LogP contribution in [0.1, 0.15) is 40.9 Å². The fourth-order valence-electron chi connectivity index (χ4n) is 4.13. The monoisotopic (exact) mass is 476 g/mol. The summed E-state index contributed by atoms with van der Waals surface area (Å²) in [6.07, 6.45) is -2.04. The van der Waals surface area contributed by atoms with Crippen molar-refractivity contribution in [2.45, 2.75) is 50.6 Å². The van der Waals surface area contributed by atoms with Crippen molar-refractivity contribution in [2.24, 2.45) is 5.41 Å². The van der Waals surface area contributed by atoms with Crippen LogP contribution in [0.2, 0.25) is 0 Å². The molecule has 34 heavy (non-hydrogen) atoms. The molecule has 180 valence electrons. The van der Waals surface area contributed by atoms with Crippen molar-refractivity contribution in [2.75, 3.05) is 19.8 Å². The highest BCUT2D eigenvalue weighted by Crippen LogP contribution is 2.45. The van der Waals surface area contributed by atoms with E-state index in [9.17, 15) is 18.0 Å². The van der Waals surface area contributed by atoms with Crippen LogP contribution in [-0.2, 0) is 23.9 Å². The number of benzene rings is 1. The minimum atomic E-state index is -4.45. The smallest absolute Gasteiger partial charge is 0.416 e. The molecule has 1 fully saturated rings. The summed E-state index contributed by atoms with van der Waals surface area (Å²) in [4.78, 5) is 12.7. The second-order valence-electron chi connectivity index (χ2n) is 9.03. The fraction of sp³-hybridized carbons (Fsp3) is 0.522. The van der Waals surface area contributed by atoms with Gasteiger partial charge >= 0.3 is 6.18 Å². The number of fused-ring (bicyclic) bond motifs is 2. The van der Waals surface area contributed by atoms with Crippen LogP contribution in [0.4, 0.5) is 13.2 Å². The predicted octanol–water partition coefficient (Wildman–Crippen LogP) is 3.11. The van der Waals surface area contributed by atoms with Crippen molar-refractivity contribution < 1.29 is 32.2 Å². The van der Waals surface area contributed by atoms with Gasteiger partial charge in [-0.05, 0) is 43.0 Å². The highest BCUT2D eigenvalue weighted by atomic mass is 19.4. The van der Waals surface area contributed by atoms with Crippen LogP contribution in [0.5, 0.6) is 11.6 Å². The third kappa shape index (κ3) is 4.68. The van der Waals surface area contributed by atoms with Crippen molar-refractivity contribution in [3.05, 3.63) is 41.1 Å². The lowest BCUT2D eigenvalue weighted by Gasteiger charge is -2.26. The molecule has 1 saturated carbocycles. The molecule has 0 spiro atoms. The number of aryl methyl sites for hydroxylation is 1. The maximum absolute atomic E-state index is 13.0. The highest BCUT2D eigenvalue weighted by Gasteiger charge is 2.43. The van der Waals surface area contributed by atoms with E-state index in [2.05, 4.69) is 16.5 Å². The van der Waals surface area contributed by atoms with Crippen molar-refractivity contribution in [1.29, 1.82) is 5.26 Å². The van der Waals surface area contributed by atoms with Gasteiger partial charge < -0.3 is 19.5 Å². The molecule has 2 aliphatic heterocycles. The van der Waals surface area contributed by atoms with Crippen LogP contribution < -0.4 is 14.8 Å². The summed E-state index contributed by atoms with van der Waals surface area (Å²) in [6.45, 7) is 1.46. The number of aromatic nitrogens is 2. The first-order valence-corrected chi connectivity index (χ1v) is 11.1. The second-order valence-corrected chi connectivity index (χ2v) is 9.03. The lowest BCUT2D eigenvalue weighted by Crippen LogP contribution is -2.43. The van der Waals surface area contributed by atoms with E-state index in [4.69, 9.17) is 19.5 Å². The summed E-state index contributed by atoms with van der Waals surface area (Å²) in [5.74, 6) is 0.387. The molecule has 0 bridgehead atoms. The molecule has 1 aliphatic carbocycles. The summed E-state index contributed by atoms with van der Waals surface area (Å²) in [5.41, 5.74) is -0.530. The van der Waals surface area contributed by atoms with Crippen molar-refractivity contribution in [3.63, 3.8) is 0 Å². The van der Waals surface area contributed by atoms with E-state index in [0.717, 1.165) is 25.0 Å². The van der Waals surface area contributed by atoms with Crippen molar-refractivity contribution >= 4 is 5.91 Å². The second kappa shape index (κ2) is 8.51. The molecule has 8 nitrogen and oxygen atoms in total. The Morgan fingerprint density at radius 1 is 1.35 bits per heavy atom. The SMILES string of the molecule is N#CC1(COCC2CCn3nc(C(=O)N[C@H]4COc5ccc(C(F)(F)F)cc5C4)cc3O2)CC1. The number of alkyl halides is 3. The molecular weight excluding hydrogens is 453 g/mol. The van der Waals surface area contributed by atoms with E-state index in [-0.39, 0.29) is 30.2 Å². The zero-order valence-corrected chi connectivity index (χ0v) is 18.2. The first kappa shape index (κ1) is 22.5. The molecule has 2 atom stereocenters. The standard InChI is InChI=1S/C23H23F3N4O4/c24-23(25,26)15-1-2-19-14(7-15)8-16(10-33-19)28-21(31)18-9-20-30(29-18)6-3-17(34-20)11-32-13-22(12-27)4-5-22/h1-2,7,9,16-17H,3-6,8,10-11,13H2,(H,28,31)/t16-,17?/m1/s1. The molecule has 5 rings (SSSR count). The summed E-state index contributed by atoms with van der Waals surface area (Å²) in [7, 11) is 0. The van der Waals surface area contributed by atoms with Crippen LogP contribution in [0, 0.1) is 16.7 Å². The van der Waals surface area contributed by atoms with Gasteiger partial charge in [-0.2, -0.15) is 23.5 Å². The number of rotatable bonds is 6. The van der Waals surface area contributed by atoms with Gasteiger partial charge in [0.15, 0.2) is 5.69 Å². The van der Waals surface area contributed by atoms with E-state index < -0.39 is 23.7 Å². The third-order valence-corrected chi connectivity index (χ3v) is 6.33. The lowest BCUT2D eigenvalue weighted by molar-refractivity contribution is -0.137. The average Bonchev–Trinajstić information content (AvgIpc) is 3.46. The van der Waals surface area contributed by atoms with Gasteiger partial charge in [0, 0.05) is 19.0 Å². The van der Waals surface area contributed by atoms with Gasteiger partial charge in [0.25, 0.3) is 5.91 Å². The van der Waals surface area contributed by atoms with Gasteiger partial charge in [-0.3, -0.25) is 4.79 Å². The number of carbonyl (C=O) groups excluding carboxylic acids is 1. The van der Waals surface area contributed by atoms with E-state index in [1.54, 1.807) is 10.7 Å². The van der Waals surface area contributed by atoms with Gasteiger partial charge in [0.05, 0.1) is 36.3 Å². The van der Waals surface area contributed by atoms with Crippen LogP contribution in [-0.4, -0.2) is 47.7 Å². The largest absolute Gasteiger partial charge is 0.491 e. The van der Waals surface area contributed by atoms with E-state index >= 15 is 0 Å². The third-order valence-electron chi connectivity index (χ3n) is 6.33. The van der Waals surface area contributed by atoms with E-state index in [1.807, 2.05) is 0 Å². The zero-order chi connectivity index (χ0) is 23.9. The maximum Gasteiger partial charge on any atom is 0.416 e. The molecular formula is C23H23F3N4O4. The minimum absolute atomic E-state index is 0.151. The van der Waals surface area contributed by atoms with Crippen LogP contribution in [0.25, 0.3) is 0 Å². The number of hydrogen-bond donors (Lipinski definition) is 1. The zero-order valence-electron chi connectivity index (χ0n) is 18.2. The first-order valence-electron chi connectivity index (χ1n) is 11.1. The molecule has 3 aliphatic rings. The van der Waals surface area contributed by atoms with Gasteiger partial charge in [-0.25, -0.2) is 4.68 Å². The Hall–Kier alpha value is -3.26. The Morgan fingerprint density at radius 2 is 2.18 bits per heavy atom. The molecule has 0 saturated heterocycles. The molecule has 1 aromatic heterocycles. The fourth-order valence-corrected chi connectivity index (χ4v) is 4.13. The topological polar surface area (TPSA) is 98.4 Å². The Morgan fingerprint density at radius 3 is 2.91 bits per heavy atom. The number of halogens is 3. The van der Waals surface area contributed by atoms with Crippen LogP contribution >= 0.6 is 0 Å². The lowest BCUT2D eigenvalue weighted by atomic mass is 10.00. The number of nitrogens with zero attached hydrogens (tertiary/aromatic N) is 3. The maximum atomic E-state index is 13.0. The molecule has 1 N–H and O–H groups in total. The van der Waals surface area contributed by atoms with Crippen LogP contribution in [0.3, 0.4) is 0 Å². The van der Waals surface area contributed by atoms with Gasteiger partial charge in [-0.15, -0.1) is 0 Å². The quantitative estimate of drug-likeness (QED) is 0.688. The first-order chi connectivity index (χ1) is 16.2.